The van der Waals surface area contributed by atoms with Gasteiger partial charge in [0.05, 0.1) is 11.3 Å². The number of benzene rings is 2. The molecular weight excluding hydrogens is 388 g/mol. The van der Waals surface area contributed by atoms with Crippen LogP contribution < -0.4 is 5.32 Å². The van der Waals surface area contributed by atoms with E-state index in [4.69, 9.17) is 16.3 Å². The molecular formula is C19H17ClN2O6. The van der Waals surface area contributed by atoms with Crippen LogP contribution in [0.25, 0.3) is 0 Å². The highest BCUT2D eigenvalue weighted by atomic mass is 35.5. The van der Waals surface area contributed by atoms with Gasteiger partial charge in [-0.3, -0.25) is 24.5 Å². The number of ketones is 1. The summed E-state index contributed by atoms with van der Waals surface area (Å²) in [5, 5.41) is 13.9. The molecule has 28 heavy (non-hydrogen) atoms. The fourth-order valence-electron chi connectivity index (χ4n) is 2.36. The lowest BCUT2D eigenvalue weighted by molar-refractivity contribution is -0.384. The Labute approximate surface area is 165 Å². The molecule has 0 saturated heterocycles. The zero-order valence-corrected chi connectivity index (χ0v) is 15.7. The van der Waals surface area contributed by atoms with E-state index < -0.39 is 23.4 Å². The molecule has 146 valence electrons. The number of Topliss-reactive ketones (excluding diaryl/α,β-unsaturated/α-hetero) is 1. The van der Waals surface area contributed by atoms with Gasteiger partial charge in [0, 0.05) is 23.1 Å². The Kier molecular flexibility index (Phi) is 7.22. The topological polar surface area (TPSA) is 116 Å². The van der Waals surface area contributed by atoms with Crippen molar-refractivity contribution < 1.29 is 24.0 Å². The third kappa shape index (κ3) is 5.88. The monoisotopic (exact) mass is 404 g/mol. The Morgan fingerprint density at radius 2 is 1.79 bits per heavy atom. The van der Waals surface area contributed by atoms with Gasteiger partial charge < -0.3 is 10.1 Å². The molecule has 0 aliphatic carbocycles. The quantitative estimate of drug-likeness (QED) is 0.310. The number of hydrogen-bond acceptors (Lipinski definition) is 6. The molecule has 0 aromatic heterocycles. The fourth-order valence-corrected chi connectivity index (χ4v) is 2.48. The van der Waals surface area contributed by atoms with Gasteiger partial charge in [0.25, 0.3) is 11.6 Å². The SMILES string of the molecule is Cc1cccc([N+](=O)[O-])c1NC(=O)COC(=O)CCC(=O)c1ccc(Cl)cc1. The summed E-state index contributed by atoms with van der Waals surface area (Å²) in [5.74, 6) is -1.69. The molecule has 0 spiro atoms. The highest BCUT2D eigenvalue weighted by molar-refractivity contribution is 6.30. The first-order chi connectivity index (χ1) is 13.3. The fraction of sp³-hybridized carbons (Fsp3) is 0.211. The number of para-hydroxylation sites is 1. The van der Waals surface area contributed by atoms with Crippen LogP contribution in [0.3, 0.4) is 0 Å². The van der Waals surface area contributed by atoms with Crippen molar-refractivity contribution in [2.75, 3.05) is 11.9 Å². The van der Waals surface area contributed by atoms with Gasteiger partial charge in [-0.25, -0.2) is 0 Å². The predicted octanol–water partition coefficient (Wildman–Crippen LogP) is 3.70. The maximum Gasteiger partial charge on any atom is 0.306 e. The van der Waals surface area contributed by atoms with Crippen LogP contribution in [0.15, 0.2) is 42.5 Å². The van der Waals surface area contributed by atoms with E-state index >= 15 is 0 Å². The summed E-state index contributed by atoms with van der Waals surface area (Å²) >= 11 is 5.75. The molecule has 0 aliphatic heterocycles. The number of esters is 1. The largest absolute Gasteiger partial charge is 0.456 e. The maximum absolute atomic E-state index is 12.0. The number of aryl methyl sites for hydroxylation is 1. The molecule has 1 amide bonds. The average molecular weight is 405 g/mol. The van der Waals surface area contributed by atoms with Gasteiger partial charge in [-0.15, -0.1) is 0 Å². The average Bonchev–Trinajstić information content (AvgIpc) is 2.66. The van der Waals surface area contributed by atoms with Crippen LogP contribution in [0.4, 0.5) is 11.4 Å². The van der Waals surface area contributed by atoms with E-state index in [0.717, 1.165) is 0 Å². The summed E-state index contributed by atoms with van der Waals surface area (Å²) in [6.07, 6.45) is -0.273. The van der Waals surface area contributed by atoms with E-state index in [2.05, 4.69) is 5.32 Å². The van der Waals surface area contributed by atoms with Gasteiger partial charge in [0.1, 0.15) is 5.69 Å². The van der Waals surface area contributed by atoms with Gasteiger partial charge in [-0.1, -0.05) is 23.7 Å². The van der Waals surface area contributed by atoms with Crippen molar-refractivity contribution in [1.29, 1.82) is 0 Å². The van der Waals surface area contributed by atoms with Crippen molar-refractivity contribution >= 4 is 40.6 Å². The molecule has 0 atom stereocenters. The van der Waals surface area contributed by atoms with Crippen LogP contribution in [0.1, 0.15) is 28.8 Å². The van der Waals surface area contributed by atoms with Gasteiger partial charge in [0.2, 0.25) is 0 Å². The first-order valence-electron chi connectivity index (χ1n) is 8.26. The minimum Gasteiger partial charge on any atom is -0.456 e. The molecule has 9 heteroatoms. The van der Waals surface area contributed by atoms with E-state index in [1.165, 1.54) is 12.1 Å². The number of halogens is 1. The molecule has 0 fully saturated rings. The molecule has 0 bridgehead atoms. The summed E-state index contributed by atoms with van der Waals surface area (Å²) in [5.41, 5.74) is 0.712. The summed E-state index contributed by atoms with van der Waals surface area (Å²) < 4.78 is 4.83. The highest BCUT2D eigenvalue weighted by Crippen LogP contribution is 2.27. The maximum atomic E-state index is 12.0. The molecule has 2 rings (SSSR count). The minimum absolute atomic E-state index is 0.0477. The molecule has 1 N–H and O–H groups in total. The van der Waals surface area contributed by atoms with Gasteiger partial charge in [-0.05, 0) is 36.8 Å². The number of rotatable bonds is 8. The Morgan fingerprint density at radius 3 is 2.43 bits per heavy atom. The molecule has 0 saturated carbocycles. The zero-order valence-electron chi connectivity index (χ0n) is 14.9. The predicted molar refractivity (Wildman–Crippen MR) is 102 cm³/mol. The lowest BCUT2D eigenvalue weighted by Crippen LogP contribution is -2.22. The normalized spacial score (nSPS) is 10.2. The van der Waals surface area contributed by atoms with Crippen molar-refractivity contribution in [2.45, 2.75) is 19.8 Å². The number of hydrogen-bond donors (Lipinski definition) is 1. The molecule has 2 aromatic rings. The van der Waals surface area contributed by atoms with Crippen LogP contribution in [-0.2, 0) is 14.3 Å². The number of amides is 1. The Bertz CT molecular complexity index is 911. The number of ether oxygens (including phenoxy) is 1. The Morgan fingerprint density at radius 1 is 1.11 bits per heavy atom. The van der Waals surface area contributed by atoms with Crippen molar-refractivity contribution in [3.63, 3.8) is 0 Å². The zero-order chi connectivity index (χ0) is 20.7. The van der Waals surface area contributed by atoms with Crippen LogP contribution in [0.5, 0.6) is 0 Å². The van der Waals surface area contributed by atoms with Crippen LogP contribution in [0.2, 0.25) is 5.02 Å². The van der Waals surface area contributed by atoms with Crippen molar-refractivity contribution in [2.24, 2.45) is 0 Å². The smallest absolute Gasteiger partial charge is 0.306 e. The Balaban J connectivity index is 1.83. The molecule has 0 aliphatic rings. The van der Waals surface area contributed by atoms with Crippen LogP contribution >= 0.6 is 11.6 Å². The van der Waals surface area contributed by atoms with Gasteiger partial charge >= 0.3 is 5.97 Å². The molecule has 0 radical (unpaired) electrons. The van der Waals surface area contributed by atoms with E-state index in [0.29, 0.717) is 16.1 Å². The lowest BCUT2D eigenvalue weighted by Gasteiger charge is -2.09. The standard InChI is InChI=1S/C19H17ClN2O6/c1-12-3-2-4-15(22(26)27)19(12)21-17(24)11-28-18(25)10-9-16(23)13-5-7-14(20)8-6-13/h2-8H,9-11H2,1H3,(H,21,24). The number of nitro groups is 1. The third-order valence-corrected chi connectivity index (χ3v) is 4.05. The second-order valence-corrected chi connectivity index (χ2v) is 6.30. The molecule has 0 heterocycles. The van der Waals surface area contributed by atoms with Crippen LogP contribution in [-0.4, -0.2) is 29.2 Å². The third-order valence-electron chi connectivity index (χ3n) is 3.80. The first kappa shape index (κ1) is 21.0. The van der Waals surface area contributed by atoms with Gasteiger partial charge in [-0.2, -0.15) is 0 Å². The number of carbonyl (C=O) groups excluding carboxylic acids is 3. The number of nitrogens with zero attached hydrogens (tertiary/aromatic N) is 1. The number of nitrogens with one attached hydrogen (secondary N) is 1. The van der Waals surface area contributed by atoms with Gasteiger partial charge in [0.15, 0.2) is 12.4 Å². The highest BCUT2D eigenvalue weighted by Gasteiger charge is 2.18. The molecule has 0 unspecified atom stereocenters. The van der Waals surface area contributed by atoms with Crippen LogP contribution in [0, 0.1) is 17.0 Å². The lowest BCUT2D eigenvalue weighted by atomic mass is 10.1. The Hall–Kier alpha value is -3.26. The first-order valence-corrected chi connectivity index (χ1v) is 8.64. The number of nitro benzene ring substituents is 1. The molecule has 2 aromatic carbocycles. The summed E-state index contributed by atoms with van der Waals surface area (Å²) in [4.78, 5) is 46.1. The minimum atomic E-state index is -0.725. The second kappa shape index (κ2) is 9.61. The van der Waals surface area contributed by atoms with Crippen molar-refractivity contribution in [3.8, 4) is 0 Å². The summed E-state index contributed by atoms with van der Waals surface area (Å²) in [6.45, 7) is 0.996. The summed E-state index contributed by atoms with van der Waals surface area (Å²) in [6, 6.07) is 10.6. The van der Waals surface area contributed by atoms with Crippen molar-refractivity contribution in [1.82, 2.24) is 0 Å². The van der Waals surface area contributed by atoms with E-state index in [1.807, 2.05) is 0 Å². The van der Waals surface area contributed by atoms with E-state index in [-0.39, 0.29) is 30.0 Å². The number of anilines is 1. The molecule has 8 nitrogen and oxygen atoms in total. The van der Waals surface area contributed by atoms with E-state index in [9.17, 15) is 24.5 Å². The second-order valence-electron chi connectivity index (χ2n) is 5.87. The van der Waals surface area contributed by atoms with E-state index in [1.54, 1.807) is 37.3 Å². The number of carbonyl (C=O) groups is 3. The van der Waals surface area contributed by atoms with Crippen molar-refractivity contribution in [3.05, 3.63) is 68.7 Å². The summed E-state index contributed by atoms with van der Waals surface area (Å²) in [7, 11) is 0.